The third kappa shape index (κ3) is 3.69. The Morgan fingerprint density at radius 2 is 1.63 bits per heavy atom. The number of nitrogens with one attached hydrogen (secondary N) is 2. The molecule has 0 spiro atoms. The second-order valence-electron chi connectivity index (χ2n) is 8.53. The van der Waals surface area contributed by atoms with E-state index < -0.39 is 12.1 Å². The molecule has 4 nitrogen and oxygen atoms in total. The molecular weight excluding hydrogens is 357 g/mol. The van der Waals surface area contributed by atoms with Gasteiger partial charge in [0.15, 0.2) is 0 Å². The van der Waals surface area contributed by atoms with E-state index in [-0.39, 0.29) is 23.6 Å². The van der Waals surface area contributed by atoms with E-state index in [0.29, 0.717) is 23.3 Å². The van der Waals surface area contributed by atoms with Gasteiger partial charge < -0.3 is 10.6 Å². The van der Waals surface area contributed by atoms with Crippen LogP contribution in [0.15, 0.2) is 24.3 Å². The number of alkyl halides is 3. The Balaban J connectivity index is 1.38. The average Bonchev–Trinajstić information content (AvgIpc) is 2.58. The van der Waals surface area contributed by atoms with Crippen LogP contribution in [0.3, 0.4) is 0 Å². The predicted molar refractivity (Wildman–Crippen MR) is 93.6 cm³/mol. The van der Waals surface area contributed by atoms with E-state index >= 15 is 0 Å². The fraction of sp³-hybridized carbons (Fsp3) is 0.600. The number of carbonyl (C=O) groups excluding carboxylic acids is 2. The molecular formula is C20H23F3N2O2. The van der Waals surface area contributed by atoms with Gasteiger partial charge in [-0.05, 0) is 74.0 Å². The van der Waals surface area contributed by atoms with Crippen molar-refractivity contribution < 1.29 is 22.8 Å². The molecule has 5 rings (SSSR count). The number of hydrogen-bond donors (Lipinski definition) is 2. The van der Waals surface area contributed by atoms with Gasteiger partial charge in [0.1, 0.15) is 0 Å². The molecule has 1 aromatic rings. The molecule has 1 aromatic carbocycles. The summed E-state index contributed by atoms with van der Waals surface area (Å²) in [4.78, 5) is 24.0. The van der Waals surface area contributed by atoms with Crippen molar-refractivity contribution in [1.29, 1.82) is 0 Å². The minimum absolute atomic E-state index is 0.0684. The van der Waals surface area contributed by atoms with Gasteiger partial charge in [0.25, 0.3) is 0 Å². The van der Waals surface area contributed by atoms with Crippen molar-refractivity contribution >= 4 is 17.5 Å². The van der Waals surface area contributed by atoms with Gasteiger partial charge in [0.2, 0.25) is 5.91 Å². The van der Waals surface area contributed by atoms with Gasteiger partial charge >= 0.3 is 12.1 Å². The van der Waals surface area contributed by atoms with Crippen LogP contribution in [0.2, 0.25) is 0 Å². The first kappa shape index (κ1) is 18.3. The summed E-state index contributed by atoms with van der Waals surface area (Å²) in [5.74, 6) is 0.0808. The highest BCUT2D eigenvalue weighted by Gasteiger charge is 2.54. The Hall–Kier alpha value is -2.05. The number of hydrogen-bond acceptors (Lipinski definition) is 2. The van der Waals surface area contributed by atoms with E-state index in [9.17, 15) is 22.8 Å². The molecule has 7 heteroatoms. The molecule has 4 bridgehead atoms. The molecule has 0 aromatic heterocycles. The van der Waals surface area contributed by atoms with E-state index in [0.717, 1.165) is 19.3 Å². The monoisotopic (exact) mass is 380 g/mol. The number of carbonyl (C=O) groups is 2. The molecule has 0 heterocycles. The van der Waals surface area contributed by atoms with E-state index in [1.165, 1.54) is 31.4 Å². The smallest absolute Gasteiger partial charge is 0.352 e. The third-order valence-electron chi connectivity index (χ3n) is 6.42. The molecule has 2 amide bonds. The van der Waals surface area contributed by atoms with Gasteiger partial charge in [-0.25, -0.2) is 0 Å². The zero-order valence-electron chi connectivity index (χ0n) is 14.9. The number of halogens is 3. The van der Waals surface area contributed by atoms with Crippen LogP contribution in [-0.2, 0) is 16.1 Å². The fourth-order valence-electron chi connectivity index (χ4n) is 5.72. The Kier molecular flexibility index (Phi) is 4.43. The van der Waals surface area contributed by atoms with Crippen molar-refractivity contribution in [3.8, 4) is 0 Å². The van der Waals surface area contributed by atoms with Crippen LogP contribution < -0.4 is 10.6 Å². The Morgan fingerprint density at radius 1 is 1.04 bits per heavy atom. The van der Waals surface area contributed by atoms with Crippen molar-refractivity contribution in [1.82, 2.24) is 5.32 Å². The molecule has 0 atom stereocenters. The standard InChI is InChI=1S/C20H23F3N2O2/c21-20(22,23)18(27)25-16-3-1-2-12(7-16)11-24-17(26)19-8-13-4-14(9-19)6-15(5-13)10-19/h1-3,7,13-15H,4-6,8-11H2,(H,24,26)(H,25,27). The second kappa shape index (κ2) is 6.53. The lowest BCUT2D eigenvalue weighted by Crippen LogP contribution is -2.53. The van der Waals surface area contributed by atoms with E-state index in [1.807, 2.05) is 5.32 Å². The second-order valence-corrected chi connectivity index (χ2v) is 8.53. The summed E-state index contributed by atoms with van der Waals surface area (Å²) in [5.41, 5.74) is 0.476. The number of benzene rings is 1. The number of rotatable bonds is 4. The van der Waals surface area contributed by atoms with E-state index in [1.54, 1.807) is 12.1 Å². The molecule has 4 aliphatic carbocycles. The third-order valence-corrected chi connectivity index (χ3v) is 6.42. The highest BCUT2D eigenvalue weighted by atomic mass is 19.4. The zero-order chi connectivity index (χ0) is 19.2. The van der Waals surface area contributed by atoms with Crippen molar-refractivity contribution in [2.24, 2.45) is 23.2 Å². The first-order valence-corrected chi connectivity index (χ1v) is 9.49. The summed E-state index contributed by atoms with van der Waals surface area (Å²) >= 11 is 0. The molecule has 2 N–H and O–H groups in total. The average molecular weight is 380 g/mol. The minimum Gasteiger partial charge on any atom is -0.352 e. The molecule has 0 saturated heterocycles. The summed E-state index contributed by atoms with van der Waals surface area (Å²) in [6, 6.07) is 6.15. The first-order valence-electron chi connectivity index (χ1n) is 9.49. The SMILES string of the molecule is O=C(Nc1cccc(CNC(=O)C23CC4CC(CC(C4)C2)C3)c1)C(F)(F)F. The summed E-state index contributed by atoms with van der Waals surface area (Å²) in [6.07, 6.45) is 1.74. The van der Waals surface area contributed by atoms with Crippen LogP contribution in [0.4, 0.5) is 18.9 Å². The van der Waals surface area contributed by atoms with Crippen LogP contribution in [0.5, 0.6) is 0 Å². The van der Waals surface area contributed by atoms with Crippen molar-refractivity contribution in [3.05, 3.63) is 29.8 Å². The Labute approximate surface area is 155 Å². The lowest BCUT2D eigenvalue weighted by Gasteiger charge is -2.55. The van der Waals surface area contributed by atoms with Crippen LogP contribution in [0.1, 0.15) is 44.1 Å². The maximum Gasteiger partial charge on any atom is 0.471 e. The van der Waals surface area contributed by atoms with Crippen LogP contribution in [0, 0.1) is 23.2 Å². The quantitative estimate of drug-likeness (QED) is 0.829. The molecule has 0 unspecified atom stereocenters. The van der Waals surface area contributed by atoms with E-state index in [4.69, 9.17) is 0 Å². The summed E-state index contributed by atoms with van der Waals surface area (Å²) in [5, 5.41) is 4.83. The van der Waals surface area contributed by atoms with Gasteiger partial charge in [-0.1, -0.05) is 12.1 Å². The highest BCUT2D eigenvalue weighted by molar-refractivity contribution is 5.95. The number of anilines is 1. The maximum absolute atomic E-state index is 12.9. The normalized spacial score (nSPS) is 31.6. The summed E-state index contributed by atoms with van der Waals surface area (Å²) in [7, 11) is 0. The summed E-state index contributed by atoms with van der Waals surface area (Å²) in [6.45, 7) is 0.246. The highest BCUT2D eigenvalue weighted by Crippen LogP contribution is 2.60. The largest absolute Gasteiger partial charge is 0.471 e. The van der Waals surface area contributed by atoms with Crippen molar-refractivity contribution in [2.75, 3.05) is 5.32 Å². The van der Waals surface area contributed by atoms with Gasteiger partial charge in [-0.15, -0.1) is 0 Å². The molecule has 27 heavy (non-hydrogen) atoms. The van der Waals surface area contributed by atoms with Crippen molar-refractivity contribution in [2.45, 2.75) is 51.2 Å². The summed E-state index contributed by atoms with van der Waals surface area (Å²) < 4.78 is 37.1. The van der Waals surface area contributed by atoms with Gasteiger partial charge in [0.05, 0.1) is 0 Å². The van der Waals surface area contributed by atoms with Gasteiger partial charge in [0, 0.05) is 17.6 Å². The van der Waals surface area contributed by atoms with Crippen LogP contribution in [-0.4, -0.2) is 18.0 Å². The zero-order valence-corrected chi connectivity index (χ0v) is 14.9. The molecule has 146 valence electrons. The maximum atomic E-state index is 12.9. The van der Waals surface area contributed by atoms with Gasteiger partial charge in [-0.3, -0.25) is 9.59 Å². The Morgan fingerprint density at radius 3 is 2.19 bits per heavy atom. The molecule has 4 saturated carbocycles. The van der Waals surface area contributed by atoms with E-state index in [2.05, 4.69) is 5.32 Å². The van der Waals surface area contributed by atoms with Gasteiger partial charge in [-0.2, -0.15) is 13.2 Å². The molecule has 0 radical (unpaired) electrons. The van der Waals surface area contributed by atoms with Crippen LogP contribution in [0.25, 0.3) is 0 Å². The topological polar surface area (TPSA) is 58.2 Å². The van der Waals surface area contributed by atoms with Crippen molar-refractivity contribution in [3.63, 3.8) is 0 Å². The molecule has 4 aliphatic rings. The minimum atomic E-state index is -4.93. The first-order chi connectivity index (χ1) is 12.7. The lowest BCUT2D eigenvalue weighted by molar-refractivity contribution is -0.167. The molecule has 0 aliphatic heterocycles. The predicted octanol–water partition coefficient (Wildman–Crippen LogP) is 4.02. The lowest BCUT2D eigenvalue weighted by atomic mass is 9.49. The molecule has 4 fully saturated rings. The van der Waals surface area contributed by atoms with Crippen LogP contribution >= 0.6 is 0 Å². The fourth-order valence-corrected chi connectivity index (χ4v) is 5.72. The number of amides is 2. The Bertz CT molecular complexity index is 725.